The minimum atomic E-state index is 0.632. The van der Waals surface area contributed by atoms with Crippen LogP contribution >= 0.6 is 0 Å². The van der Waals surface area contributed by atoms with Gasteiger partial charge in [-0.25, -0.2) is 0 Å². The average molecular weight is 241 g/mol. The minimum Gasteiger partial charge on any atom is -0.457 e. The Hall–Kier alpha value is -1.80. The third-order valence-electron chi connectivity index (χ3n) is 3.16. The molecule has 0 atom stereocenters. The van der Waals surface area contributed by atoms with Crippen molar-refractivity contribution in [2.75, 3.05) is 6.54 Å². The van der Waals surface area contributed by atoms with E-state index in [0.29, 0.717) is 6.54 Å². The summed E-state index contributed by atoms with van der Waals surface area (Å²) in [6.45, 7) is 4.80. The number of aryl methyl sites for hydroxylation is 1. The molecule has 2 heteroatoms. The highest BCUT2D eigenvalue weighted by atomic mass is 16.5. The van der Waals surface area contributed by atoms with Crippen LogP contribution in [-0.4, -0.2) is 6.54 Å². The minimum absolute atomic E-state index is 0.632. The predicted octanol–water partition coefficient (Wildman–Crippen LogP) is 3.60. The molecule has 0 spiro atoms. The van der Waals surface area contributed by atoms with Crippen molar-refractivity contribution in [1.29, 1.82) is 0 Å². The highest BCUT2D eigenvalue weighted by Crippen LogP contribution is 2.29. The van der Waals surface area contributed by atoms with E-state index in [1.54, 1.807) is 0 Å². The Morgan fingerprint density at radius 2 is 1.67 bits per heavy atom. The lowest BCUT2D eigenvalue weighted by Gasteiger charge is -2.13. The molecular formula is C16H19NO. The maximum atomic E-state index is 6.02. The Bertz CT molecular complexity index is 534. The lowest BCUT2D eigenvalue weighted by Crippen LogP contribution is -2.04. The van der Waals surface area contributed by atoms with Gasteiger partial charge >= 0.3 is 0 Å². The van der Waals surface area contributed by atoms with Crippen molar-refractivity contribution in [1.82, 2.24) is 0 Å². The Balaban J connectivity index is 2.31. The van der Waals surface area contributed by atoms with Crippen LogP contribution in [0, 0.1) is 13.8 Å². The summed E-state index contributed by atoms with van der Waals surface area (Å²) in [6, 6.07) is 14.2. The molecule has 0 radical (unpaired) electrons. The van der Waals surface area contributed by atoms with Crippen LogP contribution in [0.3, 0.4) is 0 Å². The summed E-state index contributed by atoms with van der Waals surface area (Å²) in [4.78, 5) is 0. The highest BCUT2D eigenvalue weighted by Gasteiger charge is 2.06. The molecule has 2 N–H and O–H groups in total. The van der Waals surface area contributed by atoms with Gasteiger partial charge in [0.2, 0.25) is 0 Å². The lowest BCUT2D eigenvalue weighted by atomic mass is 10.1. The summed E-state index contributed by atoms with van der Waals surface area (Å²) >= 11 is 0. The third kappa shape index (κ3) is 2.71. The van der Waals surface area contributed by atoms with E-state index >= 15 is 0 Å². The van der Waals surface area contributed by atoms with Crippen LogP contribution in [0.2, 0.25) is 0 Å². The van der Waals surface area contributed by atoms with E-state index in [4.69, 9.17) is 10.5 Å². The van der Waals surface area contributed by atoms with Crippen molar-refractivity contribution in [3.8, 4) is 11.5 Å². The number of ether oxygens (including phenoxy) is 1. The van der Waals surface area contributed by atoms with Crippen LogP contribution in [0.1, 0.15) is 16.7 Å². The standard InChI is InChI=1S/C16H19NO/c1-12-6-5-9-15(13(12)2)18-16-8-4-3-7-14(16)10-11-17/h3-9H,10-11,17H2,1-2H3. The second-order valence-electron chi connectivity index (χ2n) is 4.45. The maximum absolute atomic E-state index is 6.02. The molecule has 0 saturated heterocycles. The predicted molar refractivity (Wildman–Crippen MR) is 75.2 cm³/mol. The van der Waals surface area contributed by atoms with Crippen molar-refractivity contribution in [3.63, 3.8) is 0 Å². The first kappa shape index (κ1) is 12.7. The van der Waals surface area contributed by atoms with Gasteiger partial charge in [-0.15, -0.1) is 0 Å². The largest absolute Gasteiger partial charge is 0.457 e. The number of benzene rings is 2. The number of rotatable bonds is 4. The molecule has 2 aromatic rings. The Labute approximate surface area is 108 Å². The smallest absolute Gasteiger partial charge is 0.130 e. The van der Waals surface area contributed by atoms with Gasteiger partial charge in [0, 0.05) is 0 Å². The summed E-state index contributed by atoms with van der Waals surface area (Å²) in [5.41, 5.74) is 9.20. The topological polar surface area (TPSA) is 35.2 Å². The number of para-hydroxylation sites is 1. The molecule has 0 saturated carbocycles. The second-order valence-corrected chi connectivity index (χ2v) is 4.45. The van der Waals surface area contributed by atoms with Crippen LogP contribution < -0.4 is 10.5 Å². The van der Waals surface area contributed by atoms with Gasteiger partial charge in [-0.05, 0) is 55.6 Å². The van der Waals surface area contributed by atoms with Crippen LogP contribution in [0.4, 0.5) is 0 Å². The first-order chi connectivity index (χ1) is 8.72. The van der Waals surface area contributed by atoms with Crippen LogP contribution in [0.25, 0.3) is 0 Å². The van der Waals surface area contributed by atoms with E-state index in [0.717, 1.165) is 23.5 Å². The molecule has 2 rings (SSSR count). The van der Waals surface area contributed by atoms with E-state index in [-0.39, 0.29) is 0 Å². The molecule has 0 aliphatic rings. The lowest BCUT2D eigenvalue weighted by molar-refractivity contribution is 0.472. The first-order valence-electron chi connectivity index (χ1n) is 6.24. The van der Waals surface area contributed by atoms with Gasteiger partial charge in [0.25, 0.3) is 0 Å². The quantitative estimate of drug-likeness (QED) is 0.887. The summed E-state index contributed by atoms with van der Waals surface area (Å²) in [7, 11) is 0. The summed E-state index contributed by atoms with van der Waals surface area (Å²) in [6.07, 6.45) is 0.834. The maximum Gasteiger partial charge on any atom is 0.130 e. The SMILES string of the molecule is Cc1cccc(Oc2ccccc2CCN)c1C. The molecule has 94 valence electrons. The Morgan fingerprint density at radius 3 is 2.44 bits per heavy atom. The molecule has 18 heavy (non-hydrogen) atoms. The molecule has 0 unspecified atom stereocenters. The fraction of sp³-hybridized carbons (Fsp3) is 0.250. The third-order valence-corrected chi connectivity index (χ3v) is 3.16. The highest BCUT2D eigenvalue weighted by molar-refractivity contribution is 5.43. The molecular weight excluding hydrogens is 222 g/mol. The van der Waals surface area contributed by atoms with Crippen LogP contribution in [0.5, 0.6) is 11.5 Å². The zero-order valence-corrected chi connectivity index (χ0v) is 10.9. The second kappa shape index (κ2) is 5.69. The van der Waals surface area contributed by atoms with Gasteiger partial charge < -0.3 is 10.5 Å². The zero-order valence-electron chi connectivity index (χ0n) is 10.9. The van der Waals surface area contributed by atoms with Crippen molar-refractivity contribution in [3.05, 3.63) is 59.2 Å². The van der Waals surface area contributed by atoms with Gasteiger partial charge in [-0.2, -0.15) is 0 Å². The molecule has 0 fully saturated rings. The molecule has 0 aromatic heterocycles. The van der Waals surface area contributed by atoms with E-state index < -0.39 is 0 Å². The molecule has 0 aliphatic carbocycles. The van der Waals surface area contributed by atoms with Crippen molar-refractivity contribution in [2.24, 2.45) is 5.73 Å². The molecule has 0 aliphatic heterocycles. The van der Waals surface area contributed by atoms with Crippen molar-refractivity contribution < 1.29 is 4.74 Å². The van der Waals surface area contributed by atoms with E-state index in [2.05, 4.69) is 26.0 Å². The van der Waals surface area contributed by atoms with Gasteiger partial charge in [-0.3, -0.25) is 0 Å². The van der Waals surface area contributed by atoms with Gasteiger partial charge in [0.1, 0.15) is 11.5 Å². The van der Waals surface area contributed by atoms with Crippen LogP contribution in [0.15, 0.2) is 42.5 Å². The fourth-order valence-corrected chi connectivity index (χ4v) is 1.92. The summed E-state index contributed by atoms with van der Waals surface area (Å²) in [5.74, 6) is 1.82. The fourth-order valence-electron chi connectivity index (χ4n) is 1.92. The molecule has 2 nitrogen and oxygen atoms in total. The molecule has 0 amide bonds. The molecule has 2 aromatic carbocycles. The van der Waals surface area contributed by atoms with Crippen molar-refractivity contribution >= 4 is 0 Å². The van der Waals surface area contributed by atoms with E-state index in [9.17, 15) is 0 Å². The number of nitrogens with two attached hydrogens (primary N) is 1. The van der Waals surface area contributed by atoms with Gasteiger partial charge in [0.05, 0.1) is 0 Å². The summed E-state index contributed by atoms with van der Waals surface area (Å²) < 4.78 is 6.02. The Kier molecular flexibility index (Phi) is 4.00. The van der Waals surface area contributed by atoms with E-state index in [1.807, 2.05) is 30.3 Å². The molecule has 0 heterocycles. The van der Waals surface area contributed by atoms with E-state index in [1.165, 1.54) is 11.1 Å². The van der Waals surface area contributed by atoms with Gasteiger partial charge in [0.15, 0.2) is 0 Å². The normalized spacial score (nSPS) is 10.4. The zero-order chi connectivity index (χ0) is 13.0. The van der Waals surface area contributed by atoms with Crippen molar-refractivity contribution in [2.45, 2.75) is 20.3 Å². The van der Waals surface area contributed by atoms with Crippen LogP contribution in [-0.2, 0) is 6.42 Å². The number of hydrogen-bond acceptors (Lipinski definition) is 2. The first-order valence-corrected chi connectivity index (χ1v) is 6.24. The number of hydrogen-bond donors (Lipinski definition) is 1. The summed E-state index contributed by atoms with van der Waals surface area (Å²) in [5, 5.41) is 0. The average Bonchev–Trinajstić information content (AvgIpc) is 2.37. The monoisotopic (exact) mass is 241 g/mol. The Morgan fingerprint density at radius 1 is 0.944 bits per heavy atom. The molecule has 0 bridgehead atoms. The van der Waals surface area contributed by atoms with Gasteiger partial charge in [-0.1, -0.05) is 30.3 Å².